The zero-order valence-corrected chi connectivity index (χ0v) is 14.3. The second-order valence-corrected chi connectivity index (χ2v) is 7.24. The number of hydrogen-bond donors (Lipinski definition) is 0. The molecule has 2 aromatic carbocycles. The molecule has 2 saturated heterocycles. The van der Waals surface area contributed by atoms with Crippen LogP contribution in [0, 0.1) is 5.92 Å². The minimum Gasteiger partial charge on any atom is -0.342 e. The number of carbonyl (C=O) groups is 1. The van der Waals surface area contributed by atoms with Crippen molar-refractivity contribution in [3.8, 4) is 0 Å². The fraction of sp³-hybridized carbons (Fsp3) is 0.476. The van der Waals surface area contributed by atoms with Gasteiger partial charge in [-0.25, -0.2) is 0 Å². The van der Waals surface area contributed by atoms with Crippen molar-refractivity contribution in [2.45, 2.75) is 32.2 Å². The molecule has 0 spiro atoms. The Kier molecular flexibility index (Phi) is 4.52. The monoisotopic (exact) mass is 322 g/mol. The van der Waals surface area contributed by atoms with Gasteiger partial charge in [-0.05, 0) is 48.6 Å². The molecular weight excluding hydrogens is 296 g/mol. The van der Waals surface area contributed by atoms with Crippen LogP contribution in [0.15, 0.2) is 42.5 Å². The fourth-order valence-corrected chi connectivity index (χ4v) is 4.22. The van der Waals surface area contributed by atoms with Crippen LogP contribution in [0.1, 0.15) is 31.2 Å². The second kappa shape index (κ2) is 6.94. The lowest BCUT2D eigenvalue weighted by molar-refractivity contribution is -0.136. The summed E-state index contributed by atoms with van der Waals surface area (Å²) in [5.41, 5.74) is 1.37. The Balaban J connectivity index is 1.42. The topological polar surface area (TPSA) is 23.6 Å². The first-order valence-corrected chi connectivity index (χ1v) is 9.29. The van der Waals surface area contributed by atoms with Gasteiger partial charge in [0.25, 0.3) is 0 Å². The maximum atomic E-state index is 12.7. The molecule has 1 amide bonds. The zero-order valence-electron chi connectivity index (χ0n) is 14.3. The quantitative estimate of drug-likeness (QED) is 0.861. The Morgan fingerprint density at radius 1 is 0.958 bits per heavy atom. The largest absolute Gasteiger partial charge is 0.342 e. The average molecular weight is 322 g/mol. The number of likely N-dealkylation sites (tertiary alicyclic amines) is 2. The van der Waals surface area contributed by atoms with Gasteiger partial charge in [-0.15, -0.1) is 0 Å². The smallest absolute Gasteiger partial charge is 0.227 e. The van der Waals surface area contributed by atoms with E-state index in [1.165, 1.54) is 35.6 Å². The Bertz CT molecular complexity index is 715. The van der Waals surface area contributed by atoms with Crippen LogP contribution >= 0.6 is 0 Å². The Morgan fingerprint density at radius 2 is 1.75 bits per heavy atom. The molecule has 4 rings (SSSR count). The number of hydrogen-bond acceptors (Lipinski definition) is 2. The Morgan fingerprint density at radius 3 is 2.62 bits per heavy atom. The SMILES string of the molecule is O=C(C1CCN(Cc2cccc3ccccc23)C1)N1CCCCC1. The molecule has 0 saturated carbocycles. The summed E-state index contributed by atoms with van der Waals surface area (Å²) in [7, 11) is 0. The summed E-state index contributed by atoms with van der Waals surface area (Å²) in [6.07, 6.45) is 4.65. The summed E-state index contributed by atoms with van der Waals surface area (Å²) in [5.74, 6) is 0.605. The molecule has 0 bridgehead atoms. The van der Waals surface area contributed by atoms with E-state index in [2.05, 4.69) is 52.3 Å². The normalized spacial score (nSPS) is 22.2. The third-order valence-corrected chi connectivity index (χ3v) is 5.56. The number of nitrogens with zero attached hydrogens (tertiary/aromatic N) is 2. The highest BCUT2D eigenvalue weighted by Gasteiger charge is 2.31. The standard InChI is InChI=1S/C21H26N2O/c24-21(23-12-4-1-5-13-23)19-11-14-22(16-19)15-18-9-6-8-17-7-2-3-10-20(17)18/h2-3,6-10,19H,1,4-5,11-16H2. The highest BCUT2D eigenvalue weighted by molar-refractivity contribution is 5.85. The van der Waals surface area contributed by atoms with Gasteiger partial charge in [-0.3, -0.25) is 9.69 Å². The number of fused-ring (bicyclic) bond motifs is 1. The molecule has 24 heavy (non-hydrogen) atoms. The van der Waals surface area contributed by atoms with E-state index in [-0.39, 0.29) is 5.92 Å². The van der Waals surface area contributed by atoms with Gasteiger partial charge in [0.1, 0.15) is 0 Å². The molecule has 0 aliphatic carbocycles. The Hall–Kier alpha value is -1.87. The van der Waals surface area contributed by atoms with Crippen LogP contribution in [0.3, 0.4) is 0 Å². The summed E-state index contributed by atoms with van der Waals surface area (Å²) < 4.78 is 0. The number of piperidine rings is 1. The van der Waals surface area contributed by atoms with Gasteiger partial charge in [0.15, 0.2) is 0 Å². The maximum absolute atomic E-state index is 12.7. The minimum absolute atomic E-state index is 0.207. The van der Waals surface area contributed by atoms with Gasteiger partial charge in [0, 0.05) is 26.2 Å². The molecule has 3 heteroatoms. The molecule has 2 aliphatic heterocycles. The first kappa shape index (κ1) is 15.6. The lowest BCUT2D eigenvalue weighted by Crippen LogP contribution is -2.40. The van der Waals surface area contributed by atoms with Gasteiger partial charge < -0.3 is 4.90 Å². The van der Waals surface area contributed by atoms with Crippen molar-refractivity contribution in [1.29, 1.82) is 0 Å². The number of rotatable bonds is 3. The summed E-state index contributed by atoms with van der Waals surface area (Å²) in [4.78, 5) is 17.3. The van der Waals surface area contributed by atoms with Gasteiger partial charge in [0.05, 0.1) is 5.92 Å². The molecule has 2 fully saturated rings. The van der Waals surface area contributed by atoms with E-state index in [0.717, 1.165) is 39.1 Å². The highest BCUT2D eigenvalue weighted by atomic mass is 16.2. The van der Waals surface area contributed by atoms with Crippen molar-refractivity contribution in [3.05, 3.63) is 48.0 Å². The molecule has 0 radical (unpaired) electrons. The first-order valence-electron chi connectivity index (χ1n) is 9.29. The highest BCUT2D eigenvalue weighted by Crippen LogP contribution is 2.25. The molecule has 2 aromatic rings. The van der Waals surface area contributed by atoms with Crippen LogP contribution in [0.4, 0.5) is 0 Å². The third-order valence-electron chi connectivity index (χ3n) is 5.56. The van der Waals surface area contributed by atoms with Crippen molar-refractivity contribution < 1.29 is 4.79 Å². The third kappa shape index (κ3) is 3.18. The lowest BCUT2D eigenvalue weighted by atomic mass is 10.0. The van der Waals surface area contributed by atoms with Crippen molar-refractivity contribution in [2.75, 3.05) is 26.2 Å². The molecule has 126 valence electrons. The summed E-state index contributed by atoms with van der Waals surface area (Å²) in [6, 6.07) is 15.1. The summed E-state index contributed by atoms with van der Waals surface area (Å²) in [5, 5.41) is 2.64. The van der Waals surface area contributed by atoms with E-state index in [4.69, 9.17) is 0 Å². The number of amides is 1. The van der Waals surface area contributed by atoms with E-state index >= 15 is 0 Å². The van der Waals surface area contributed by atoms with Crippen molar-refractivity contribution in [1.82, 2.24) is 9.80 Å². The van der Waals surface area contributed by atoms with Gasteiger partial charge >= 0.3 is 0 Å². The molecule has 1 unspecified atom stereocenters. The van der Waals surface area contributed by atoms with E-state index in [0.29, 0.717) is 5.91 Å². The van der Waals surface area contributed by atoms with Crippen molar-refractivity contribution >= 4 is 16.7 Å². The van der Waals surface area contributed by atoms with E-state index in [9.17, 15) is 4.79 Å². The lowest BCUT2D eigenvalue weighted by Gasteiger charge is -2.29. The predicted molar refractivity (Wildman–Crippen MR) is 97.8 cm³/mol. The van der Waals surface area contributed by atoms with Crippen LogP contribution in [-0.2, 0) is 11.3 Å². The van der Waals surface area contributed by atoms with E-state index in [1.807, 2.05) is 0 Å². The summed E-state index contributed by atoms with van der Waals surface area (Å²) in [6.45, 7) is 4.84. The van der Waals surface area contributed by atoms with Crippen molar-refractivity contribution in [3.63, 3.8) is 0 Å². The fourth-order valence-electron chi connectivity index (χ4n) is 4.22. The van der Waals surface area contributed by atoms with Crippen molar-refractivity contribution in [2.24, 2.45) is 5.92 Å². The summed E-state index contributed by atoms with van der Waals surface area (Å²) >= 11 is 0. The second-order valence-electron chi connectivity index (χ2n) is 7.24. The van der Waals surface area contributed by atoms with E-state index < -0.39 is 0 Å². The zero-order chi connectivity index (χ0) is 16.4. The molecule has 0 aromatic heterocycles. The van der Waals surface area contributed by atoms with E-state index in [1.54, 1.807) is 0 Å². The van der Waals surface area contributed by atoms with Gasteiger partial charge in [-0.2, -0.15) is 0 Å². The van der Waals surface area contributed by atoms with Crippen LogP contribution in [0.25, 0.3) is 10.8 Å². The average Bonchev–Trinajstić information content (AvgIpc) is 3.11. The molecule has 1 atom stereocenters. The molecule has 0 N–H and O–H groups in total. The molecule has 2 aliphatic rings. The predicted octanol–water partition coefficient (Wildman–Crippen LogP) is 3.67. The van der Waals surface area contributed by atoms with Crippen LogP contribution in [-0.4, -0.2) is 41.9 Å². The van der Waals surface area contributed by atoms with Gasteiger partial charge in [-0.1, -0.05) is 42.5 Å². The minimum atomic E-state index is 0.207. The number of benzene rings is 2. The van der Waals surface area contributed by atoms with Crippen LogP contribution in [0.2, 0.25) is 0 Å². The first-order chi connectivity index (χ1) is 11.8. The molecule has 2 heterocycles. The maximum Gasteiger partial charge on any atom is 0.227 e. The number of carbonyl (C=O) groups excluding carboxylic acids is 1. The molecule has 3 nitrogen and oxygen atoms in total. The van der Waals surface area contributed by atoms with Gasteiger partial charge in [0.2, 0.25) is 5.91 Å². The Labute approximate surface area is 144 Å². The van der Waals surface area contributed by atoms with Crippen LogP contribution in [0.5, 0.6) is 0 Å². The molecular formula is C21H26N2O. The van der Waals surface area contributed by atoms with Crippen LogP contribution < -0.4 is 0 Å².